The Morgan fingerprint density at radius 3 is 2.61 bits per heavy atom. The lowest BCUT2D eigenvalue weighted by Gasteiger charge is -2.08. The van der Waals surface area contributed by atoms with Crippen molar-refractivity contribution in [3.63, 3.8) is 0 Å². The minimum atomic E-state index is 0.758. The molecule has 0 aliphatic rings. The summed E-state index contributed by atoms with van der Waals surface area (Å²) in [4.78, 5) is 8.70. The Hall–Kier alpha value is -3.15. The summed E-state index contributed by atoms with van der Waals surface area (Å²) in [6.07, 6.45) is 5.72. The SMILES string of the molecule is Cc1cn2cccc(Nc3ccc(-n4cnc(C)n4)cc3)c2n1. The second kappa shape index (κ2) is 5.24. The molecule has 6 nitrogen and oxygen atoms in total. The van der Waals surface area contributed by atoms with Crippen molar-refractivity contribution in [2.75, 3.05) is 5.32 Å². The topological polar surface area (TPSA) is 60.0 Å². The number of anilines is 2. The van der Waals surface area contributed by atoms with Gasteiger partial charge in [-0.2, -0.15) is 5.10 Å². The van der Waals surface area contributed by atoms with E-state index in [0.29, 0.717) is 0 Å². The average molecular weight is 304 g/mol. The standard InChI is InChI=1S/C17H16N6/c1-12-10-22-9-3-4-16(17(22)19-12)20-14-5-7-15(8-6-14)23-11-18-13(2)21-23/h3-11,20H,1-2H3. The van der Waals surface area contributed by atoms with E-state index in [1.807, 2.05) is 67.0 Å². The first-order valence-electron chi connectivity index (χ1n) is 7.39. The summed E-state index contributed by atoms with van der Waals surface area (Å²) in [7, 11) is 0. The molecular weight excluding hydrogens is 288 g/mol. The molecule has 4 aromatic rings. The Morgan fingerprint density at radius 2 is 1.87 bits per heavy atom. The number of rotatable bonds is 3. The maximum absolute atomic E-state index is 4.56. The number of hydrogen-bond acceptors (Lipinski definition) is 4. The zero-order chi connectivity index (χ0) is 15.8. The molecule has 0 fully saturated rings. The quantitative estimate of drug-likeness (QED) is 0.631. The molecule has 1 aromatic carbocycles. The molecule has 0 spiro atoms. The predicted molar refractivity (Wildman–Crippen MR) is 89.3 cm³/mol. The van der Waals surface area contributed by atoms with Gasteiger partial charge in [-0.1, -0.05) is 0 Å². The van der Waals surface area contributed by atoms with Crippen molar-refractivity contribution >= 4 is 17.0 Å². The van der Waals surface area contributed by atoms with Crippen molar-refractivity contribution in [1.82, 2.24) is 24.1 Å². The summed E-state index contributed by atoms with van der Waals surface area (Å²) in [5, 5.41) is 7.73. The minimum Gasteiger partial charge on any atom is -0.352 e. The molecule has 3 aromatic heterocycles. The van der Waals surface area contributed by atoms with Crippen LogP contribution in [0.5, 0.6) is 0 Å². The maximum atomic E-state index is 4.56. The summed E-state index contributed by atoms with van der Waals surface area (Å²) < 4.78 is 3.78. The molecule has 0 aliphatic carbocycles. The molecule has 0 saturated heterocycles. The van der Waals surface area contributed by atoms with Crippen molar-refractivity contribution in [3.8, 4) is 5.69 Å². The Kier molecular flexibility index (Phi) is 3.08. The van der Waals surface area contributed by atoms with Crippen LogP contribution in [-0.4, -0.2) is 24.1 Å². The van der Waals surface area contributed by atoms with Crippen molar-refractivity contribution in [2.24, 2.45) is 0 Å². The van der Waals surface area contributed by atoms with Gasteiger partial charge in [0.25, 0.3) is 0 Å². The summed E-state index contributed by atoms with van der Waals surface area (Å²) in [5.74, 6) is 0.758. The predicted octanol–water partition coefficient (Wildman–Crippen LogP) is 3.28. The number of aryl methyl sites for hydroxylation is 2. The number of benzene rings is 1. The number of aromatic nitrogens is 5. The smallest absolute Gasteiger partial charge is 0.160 e. The van der Waals surface area contributed by atoms with Crippen LogP contribution < -0.4 is 5.32 Å². The van der Waals surface area contributed by atoms with Crippen molar-refractivity contribution in [2.45, 2.75) is 13.8 Å². The van der Waals surface area contributed by atoms with E-state index < -0.39 is 0 Å². The van der Waals surface area contributed by atoms with Gasteiger partial charge in [0, 0.05) is 18.1 Å². The van der Waals surface area contributed by atoms with Crippen LogP contribution in [-0.2, 0) is 0 Å². The zero-order valence-corrected chi connectivity index (χ0v) is 12.9. The molecule has 1 N–H and O–H groups in total. The van der Waals surface area contributed by atoms with Crippen molar-refractivity contribution < 1.29 is 0 Å². The molecule has 0 atom stereocenters. The largest absolute Gasteiger partial charge is 0.352 e. The molecule has 3 heterocycles. The molecule has 0 amide bonds. The van der Waals surface area contributed by atoms with E-state index in [2.05, 4.69) is 20.4 Å². The lowest BCUT2D eigenvalue weighted by atomic mass is 10.2. The number of fused-ring (bicyclic) bond motifs is 1. The summed E-state index contributed by atoms with van der Waals surface area (Å²) in [6.45, 7) is 3.87. The molecule has 114 valence electrons. The normalized spacial score (nSPS) is 11.0. The Labute approximate surface area is 133 Å². The molecule has 6 heteroatoms. The van der Waals surface area contributed by atoms with Gasteiger partial charge in [-0.05, 0) is 50.2 Å². The van der Waals surface area contributed by atoms with Crippen LogP contribution >= 0.6 is 0 Å². The highest BCUT2D eigenvalue weighted by atomic mass is 15.3. The Bertz CT molecular complexity index is 964. The van der Waals surface area contributed by atoms with Gasteiger partial charge in [-0.25, -0.2) is 14.6 Å². The highest BCUT2D eigenvalue weighted by Crippen LogP contribution is 2.22. The molecular formula is C17H16N6. The van der Waals surface area contributed by atoms with Gasteiger partial charge in [0.1, 0.15) is 12.2 Å². The third-order valence-electron chi connectivity index (χ3n) is 3.62. The second-order valence-electron chi connectivity index (χ2n) is 5.44. The summed E-state index contributed by atoms with van der Waals surface area (Å²) >= 11 is 0. The van der Waals surface area contributed by atoms with Crippen LogP contribution in [0.25, 0.3) is 11.3 Å². The van der Waals surface area contributed by atoms with Crippen molar-refractivity contribution in [1.29, 1.82) is 0 Å². The average Bonchev–Trinajstić information content (AvgIpc) is 3.14. The number of nitrogens with one attached hydrogen (secondary N) is 1. The Balaban J connectivity index is 1.63. The van der Waals surface area contributed by atoms with Gasteiger partial charge in [-0.15, -0.1) is 0 Å². The fraction of sp³-hybridized carbons (Fsp3) is 0.118. The van der Waals surface area contributed by atoms with Crippen LogP contribution in [0.4, 0.5) is 11.4 Å². The van der Waals surface area contributed by atoms with Crippen LogP contribution in [0.15, 0.2) is 55.1 Å². The van der Waals surface area contributed by atoms with Gasteiger partial charge in [-0.3, -0.25) is 0 Å². The molecule has 23 heavy (non-hydrogen) atoms. The molecule has 0 aliphatic heterocycles. The minimum absolute atomic E-state index is 0.758. The van der Waals surface area contributed by atoms with E-state index in [4.69, 9.17) is 0 Å². The highest BCUT2D eigenvalue weighted by Gasteiger charge is 2.05. The maximum Gasteiger partial charge on any atom is 0.160 e. The monoisotopic (exact) mass is 304 g/mol. The van der Waals surface area contributed by atoms with Gasteiger partial charge in [0.2, 0.25) is 0 Å². The molecule has 0 bridgehead atoms. The fourth-order valence-corrected chi connectivity index (χ4v) is 2.56. The van der Waals surface area contributed by atoms with Crippen LogP contribution in [0.3, 0.4) is 0 Å². The highest BCUT2D eigenvalue weighted by molar-refractivity contribution is 5.74. The van der Waals surface area contributed by atoms with E-state index in [0.717, 1.165) is 34.2 Å². The number of nitrogens with zero attached hydrogens (tertiary/aromatic N) is 5. The van der Waals surface area contributed by atoms with Gasteiger partial charge < -0.3 is 9.72 Å². The lowest BCUT2D eigenvalue weighted by Crippen LogP contribution is -1.97. The summed E-state index contributed by atoms with van der Waals surface area (Å²) in [5.41, 5.74) is 4.87. The number of pyridine rings is 1. The molecule has 0 radical (unpaired) electrons. The molecule has 0 saturated carbocycles. The van der Waals surface area contributed by atoms with E-state index in [9.17, 15) is 0 Å². The van der Waals surface area contributed by atoms with Gasteiger partial charge in [0.05, 0.1) is 17.1 Å². The first-order chi connectivity index (χ1) is 11.2. The van der Waals surface area contributed by atoms with E-state index in [1.165, 1.54) is 0 Å². The first kappa shape index (κ1) is 13.5. The van der Waals surface area contributed by atoms with Crippen molar-refractivity contribution in [3.05, 3.63) is 66.6 Å². The third-order valence-corrected chi connectivity index (χ3v) is 3.62. The van der Waals surface area contributed by atoms with E-state index >= 15 is 0 Å². The first-order valence-corrected chi connectivity index (χ1v) is 7.39. The van der Waals surface area contributed by atoms with Gasteiger partial charge in [0.15, 0.2) is 5.65 Å². The van der Waals surface area contributed by atoms with E-state index in [-0.39, 0.29) is 0 Å². The second-order valence-corrected chi connectivity index (χ2v) is 5.44. The Morgan fingerprint density at radius 1 is 1.04 bits per heavy atom. The lowest BCUT2D eigenvalue weighted by molar-refractivity contribution is 0.863. The van der Waals surface area contributed by atoms with Crippen LogP contribution in [0.1, 0.15) is 11.5 Å². The fourth-order valence-electron chi connectivity index (χ4n) is 2.56. The zero-order valence-electron chi connectivity index (χ0n) is 12.9. The third kappa shape index (κ3) is 2.55. The molecule has 0 unspecified atom stereocenters. The van der Waals surface area contributed by atoms with Crippen LogP contribution in [0, 0.1) is 13.8 Å². The number of hydrogen-bond donors (Lipinski definition) is 1. The van der Waals surface area contributed by atoms with Crippen LogP contribution in [0.2, 0.25) is 0 Å². The van der Waals surface area contributed by atoms with E-state index in [1.54, 1.807) is 11.0 Å². The summed E-state index contributed by atoms with van der Waals surface area (Å²) in [6, 6.07) is 12.1. The number of imidazole rings is 1. The molecule has 4 rings (SSSR count). The van der Waals surface area contributed by atoms with Gasteiger partial charge >= 0.3 is 0 Å².